The summed E-state index contributed by atoms with van der Waals surface area (Å²) >= 11 is 0. The van der Waals surface area contributed by atoms with E-state index in [2.05, 4.69) is 46.8 Å². The molecule has 3 aromatic carbocycles. The van der Waals surface area contributed by atoms with Crippen LogP contribution in [0.25, 0.3) is 28.1 Å². The highest BCUT2D eigenvalue weighted by molar-refractivity contribution is 6.00. The van der Waals surface area contributed by atoms with Gasteiger partial charge in [-0.1, -0.05) is 72.8 Å². The van der Waals surface area contributed by atoms with E-state index in [0.29, 0.717) is 11.5 Å². The topological polar surface area (TPSA) is 46.9 Å². The lowest BCUT2D eigenvalue weighted by Gasteiger charge is -2.11. The van der Waals surface area contributed by atoms with Crippen LogP contribution in [0.5, 0.6) is 0 Å². The minimum atomic E-state index is -0.0637. The summed E-state index contributed by atoms with van der Waals surface area (Å²) in [6.07, 6.45) is 4.09. The number of amides is 1. The number of carbonyl (C=O) groups is 1. The zero-order chi connectivity index (χ0) is 20.3. The molecule has 1 aliphatic carbocycles. The van der Waals surface area contributed by atoms with Crippen molar-refractivity contribution >= 4 is 5.91 Å². The van der Waals surface area contributed by atoms with E-state index in [1.54, 1.807) is 6.20 Å². The molecule has 4 heteroatoms. The average Bonchev–Trinajstić information content (AvgIpc) is 3.54. The lowest BCUT2D eigenvalue weighted by Crippen LogP contribution is -2.25. The summed E-state index contributed by atoms with van der Waals surface area (Å²) in [6, 6.07) is 28.5. The molecule has 1 fully saturated rings. The van der Waals surface area contributed by atoms with Crippen LogP contribution in [0.4, 0.5) is 0 Å². The molecule has 30 heavy (non-hydrogen) atoms. The van der Waals surface area contributed by atoms with Crippen LogP contribution in [0.15, 0.2) is 91.1 Å². The van der Waals surface area contributed by atoms with Gasteiger partial charge in [0.1, 0.15) is 0 Å². The van der Waals surface area contributed by atoms with Gasteiger partial charge in [-0.2, -0.15) is 5.10 Å². The number of carbonyl (C=O) groups excluding carboxylic acids is 1. The minimum absolute atomic E-state index is 0.0637. The Balaban J connectivity index is 1.54. The number of para-hydroxylation sites is 1. The molecular formula is C26H23N3O. The molecule has 4 aromatic rings. The van der Waals surface area contributed by atoms with Crippen molar-refractivity contribution in [3.8, 4) is 28.1 Å². The van der Waals surface area contributed by atoms with Gasteiger partial charge in [-0.25, -0.2) is 4.68 Å². The van der Waals surface area contributed by atoms with Crippen LogP contribution >= 0.6 is 0 Å². The Labute approximate surface area is 176 Å². The first-order valence-corrected chi connectivity index (χ1v) is 10.4. The average molecular weight is 393 g/mol. The smallest absolute Gasteiger partial charge is 0.255 e. The highest BCUT2D eigenvalue weighted by atomic mass is 16.1. The summed E-state index contributed by atoms with van der Waals surface area (Å²) in [5.41, 5.74) is 5.63. The predicted octanol–water partition coefficient (Wildman–Crippen LogP) is 5.35. The first kappa shape index (κ1) is 18.4. The van der Waals surface area contributed by atoms with E-state index in [1.165, 1.54) is 18.4 Å². The Morgan fingerprint density at radius 3 is 2.10 bits per heavy atom. The predicted molar refractivity (Wildman–Crippen MR) is 119 cm³/mol. The molecule has 1 amide bonds. The summed E-state index contributed by atoms with van der Waals surface area (Å²) in [5.74, 6) is 0.568. The van der Waals surface area contributed by atoms with E-state index in [0.717, 1.165) is 29.1 Å². The molecule has 4 nitrogen and oxygen atoms in total. The van der Waals surface area contributed by atoms with Crippen LogP contribution in [0.3, 0.4) is 0 Å². The van der Waals surface area contributed by atoms with E-state index in [9.17, 15) is 4.79 Å². The van der Waals surface area contributed by atoms with E-state index in [1.807, 2.05) is 53.2 Å². The van der Waals surface area contributed by atoms with E-state index in [4.69, 9.17) is 0 Å². The molecule has 0 spiro atoms. The fraction of sp³-hybridized carbons (Fsp3) is 0.154. The highest BCUT2D eigenvalue weighted by Gasteiger charge is 2.24. The fourth-order valence-electron chi connectivity index (χ4n) is 3.66. The second-order valence-corrected chi connectivity index (χ2v) is 7.75. The second-order valence-electron chi connectivity index (χ2n) is 7.75. The Morgan fingerprint density at radius 1 is 0.833 bits per heavy atom. The minimum Gasteiger partial charge on any atom is -0.352 e. The number of rotatable bonds is 6. The number of nitrogens with one attached hydrogen (secondary N) is 1. The number of aromatic nitrogens is 2. The largest absolute Gasteiger partial charge is 0.352 e. The van der Waals surface area contributed by atoms with Gasteiger partial charge in [0.25, 0.3) is 5.91 Å². The molecule has 5 rings (SSSR count). The van der Waals surface area contributed by atoms with Crippen molar-refractivity contribution in [3.63, 3.8) is 0 Å². The lowest BCUT2D eigenvalue weighted by molar-refractivity contribution is 0.0952. The van der Waals surface area contributed by atoms with Crippen molar-refractivity contribution in [1.82, 2.24) is 15.1 Å². The van der Waals surface area contributed by atoms with Crippen molar-refractivity contribution < 1.29 is 4.79 Å². The molecule has 1 aliphatic rings. The summed E-state index contributed by atoms with van der Waals surface area (Å²) in [5, 5.41) is 7.64. The maximum atomic E-state index is 12.9. The molecule has 0 radical (unpaired) electrons. The zero-order valence-corrected chi connectivity index (χ0v) is 16.7. The first-order chi connectivity index (χ1) is 14.8. The van der Waals surface area contributed by atoms with Crippen LogP contribution in [0.1, 0.15) is 23.2 Å². The molecule has 1 N–H and O–H groups in total. The third-order valence-corrected chi connectivity index (χ3v) is 5.53. The third-order valence-electron chi connectivity index (χ3n) is 5.53. The molecule has 0 aliphatic heterocycles. The maximum Gasteiger partial charge on any atom is 0.255 e. The number of nitrogens with zero attached hydrogens (tertiary/aromatic N) is 2. The standard InChI is InChI=1S/C26H23N3O/c30-26(27-17-19-11-12-19)24-18-28-29(23-9-5-2-6-10-23)25(24)22-15-13-21(14-16-22)20-7-3-1-4-8-20/h1-10,13-16,18-19H,11-12,17H2,(H,27,30). The second kappa shape index (κ2) is 7.99. The molecule has 0 saturated heterocycles. The number of hydrogen-bond acceptors (Lipinski definition) is 2. The van der Waals surface area contributed by atoms with E-state index in [-0.39, 0.29) is 5.91 Å². The first-order valence-electron chi connectivity index (χ1n) is 10.4. The van der Waals surface area contributed by atoms with Crippen LogP contribution < -0.4 is 5.32 Å². The third kappa shape index (κ3) is 3.77. The van der Waals surface area contributed by atoms with Crippen LogP contribution in [0, 0.1) is 5.92 Å². The van der Waals surface area contributed by atoms with Crippen molar-refractivity contribution in [3.05, 3.63) is 96.7 Å². The number of benzene rings is 3. The van der Waals surface area contributed by atoms with Gasteiger partial charge in [0.05, 0.1) is 23.1 Å². The van der Waals surface area contributed by atoms with Gasteiger partial charge in [0.15, 0.2) is 0 Å². The molecular weight excluding hydrogens is 370 g/mol. The van der Waals surface area contributed by atoms with Crippen LogP contribution in [-0.4, -0.2) is 22.2 Å². The monoisotopic (exact) mass is 393 g/mol. The summed E-state index contributed by atoms with van der Waals surface area (Å²) < 4.78 is 1.85. The SMILES string of the molecule is O=C(NCC1CC1)c1cnn(-c2ccccc2)c1-c1ccc(-c2ccccc2)cc1. The van der Waals surface area contributed by atoms with Gasteiger partial charge in [-0.05, 0) is 42.0 Å². The van der Waals surface area contributed by atoms with Gasteiger partial charge in [0.2, 0.25) is 0 Å². The van der Waals surface area contributed by atoms with Crippen LogP contribution in [-0.2, 0) is 0 Å². The van der Waals surface area contributed by atoms with Gasteiger partial charge in [-0.15, -0.1) is 0 Å². The molecule has 0 bridgehead atoms. The van der Waals surface area contributed by atoms with Gasteiger partial charge in [-0.3, -0.25) is 4.79 Å². The van der Waals surface area contributed by atoms with Gasteiger partial charge in [0, 0.05) is 12.1 Å². The maximum absolute atomic E-state index is 12.9. The van der Waals surface area contributed by atoms with Crippen molar-refractivity contribution in [2.24, 2.45) is 5.92 Å². The Kier molecular flexibility index (Phi) is 4.89. The summed E-state index contributed by atoms with van der Waals surface area (Å²) in [7, 11) is 0. The molecule has 148 valence electrons. The fourth-order valence-corrected chi connectivity index (χ4v) is 3.66. The summed E-state index contributed by atoms with van der Waals surface area (Å²) in [4.78, 5) is 12.9. The molecule has 0 unspecified atom stereocenters. The summed E-state index contributed by atoms with van der Waals surface area (Å²) in [6.45, 7) is 0.738. The van der Waals surface area contributed by atoms with Crippen molar-refractivity contribution in [2.75, 3.05) is 6.54 Å². The zero-order valence-electron chi connectivity index (χ0n) is 16.7. The highest BCUT2D eigenvalue weighted by Crippen LogP contribution is 2.30. The normalized spacial score (nSPS) is 13.2. The van der Waals surface area contributed by atoms with E-state index >= 15 is 0 Å². The van der Waals surface area contributed by atoms with Gasteiger partial charge < -0.3 is 5.32 Å². The van der Waals surface area contributed by atoms with Crippen LogP contribution in [0.2, 0.25) is 0 Å². The number of hydrogen-bond donors (Lipinski definition) is 1. The van der Waals surface area contributed by atoms with Gasteiger partial charge >= 0.3 is 0 Å². The Hall–Kier alpha value is -3.66. The molecule has 0 atom stereocenters. The molecule has 1 aromatic heterocycles. The quantitative estimate of drug-likeness (QED) is 0.480. The van der Waals surface area contributed by atoms with Crippen molar-refractivity contribution in [2.45, 2.75) is 12.8 Å². The van der Waals surface area contributed by atoms with E-state index < -0.39 is 0 Å². The molecule has 1 saturated carbocycles. The lowest BCUT2D eigenvalue weighted by atomic mass is 10.0. The Bertz CT molecular complexity index is 1140. The Morgan fingerprint density at radius 2 is 1.43 bits per heavy atom. The molecule has 1 heterocycles. The van der Waals surface area contributed by atoms with Crippen molar-refractivity contribution in [1.29, 1.82) is 0 Å².